The molecule has 6 nitrogen and oxygen atoms in total. The summed E-state index contributed by atoms with van der Waals surface area (Å²) in [6.07, 6.45) is 0. The molecule has 3 N–H and O–H groups in total. The lowest BCUT2D eigenvalue weighted by Gasteiger charge is -2.11. The summed E-state index contributed by atoms with van der Waals surface area (Å²) in [5, 5.41) is 28.6. The molecule has 0 saturated carbocycles. The zero-order chi connectivity index (χ0) is 17.4. The number of benzene rings is 2. The van der Waals surface area contributed by atoms with Gasteiger partial charge < -0.3 is 15.3 Å². The first-order valence-corrected chi connectivity index (χ1v) is 8.90. The van der Waals surface area contributed by atoms with Crippen LogP contribution < -0.4 is 0 Å². The van der Waals surface area contributed by atoms with Crippen molar-refractivity contribution in [3.8, 4) is 11.5 Å². The molecule has 0 aliphatic carbocycles. The normalized spacial score (nSPS) is 11.4. The maximum Gasteiger partial charge on any atom is 0.339 e. The zero-order valence-electron chi connectivity index (χ0n) is 11.3. The van der Waals surface area contributed by atoms with Gasteiger partial charge in [-0.1, -0.05) is 27.5 Å². The Morgan fingerprint density at radius 1 is 1.17 bits per heavy atom. The van der Waals surface area contributed by atoms with E-state index in [1.54, 1.807) is 0 Å². The van der Waals surface area contributed by atoms with Gasteiger partial charge in [0.05, 0.1) is 5.75 Å². The second-order valence-corrected chi connectivity index (χ2v) is 7.95. The van der Waals surface area contributed by atoms with Crippen molar-refractivity contribution in [2.45, 2.75) is 10.6 Å². The lowest BCUT2D eigenvalue weighted by atomic mass is 10.1. The molecule has 0 radical (unpaired) electrons. The summed E-state index contributed by atoms with van der Waals surface area (Å²) in [7, 11) is -4.04. The lowest BCUT2D eigenvalue weighted by Crippen LogP contribution is -2.07. The average molecular weight is 422 g/mol. The zero-order valence-corrected chi connectivity index (χ0v) is 14.5. The van der Waals surface area contributed by atoms with Crippen LogP contribution in [0.5, 0.6) is 11.5 Å². The van der Waals surface area contributed by atoms with Gasteiger partial charge in [0.1, 0.15) is 22.0 Å². The van der Waals surface area contributed by atoms with Crippen LogP contribution in [0.3, 0.4) is 0 Å². The molecule has 0 bridgehead atoms. The van der Waals surface area contributed by atoms with Gasteiger partial charge >= 0.3 is 5.97 Å². The molecule has 2 aromatic rings. The lowest BCUT2D eigenvalue weighted by molar-refractivity contribution is 0.0693. The molecule has 0 aromatic heterocycles. The Kier molecular flexibility index (Phi) is 4.88. The van der Waals surface area contributed by atoms with E-state index in [1.165, 1.54) is 18.2 Å². The first-order chi connectivity index (χ1) is 10.6. The SMILES string of the molecule is O=C(O)c1cc(Cl)cc(CS(=O)(=O)c2cc(Br)ccc2O)c1O. The highest BCUT2D eigenvalue weighted by Crippen LogP contribution is 2.33. The number of hydrogen-bond donors (Lipinski definition) is 3. The number of carbonyl (C=O) groups is 1. The van der Waals surface area contributed by atoms with E-state index >= 15 is 0 Å². The molecule has 2 rings (SSSR count). The molecule has 0 amide bonds. The van der Waals surface area contributed by atoms with Crippen molar-refractivity contribution in [2.24, 2.45) is 0 Å². The van der Waals surface area contributed by atoms with Crippen LogP contribution in [-0.4, -0.2) is 29.7 Å². The van der Waals surface area contributed by atoms with Gasteiger partial charge in [0.15, 0.2) is 9.84 Å². The third-order valence-corrected chi connectivity index (χ3v) is 5.39. The highest BCUT2D eigenvalue weighted by Gasteiger charge is 2.24. The van der Waals surface area contributed by atoms with E-state index in [2.05, 4.69) is 15.9 Å². The molecule has 0 aliphatic heterocycles. The van der Waals surface area contributed by atoms with E-state index in [9.17, 15) is 23.4 Å². The Balaban J connectivity index is 2.54. The van der Waals surface area contributed by atoms with Crippen LogP contribution in [-0.2, 0) is 15.6 Å². The third-order valence-electron chi connectivity index (χ3n) is 2.99. The quantitative estimate of drug-likeness (QED) is 0.699. The van der Waals surface area contributed by atoms with Gasteiger partial charge in [0.25, 0.3) is 0 Å². The second-order valence-electron chi connectivity index (χ2n) is 4.64. The van der Waals surface area contributed by atoms with Crippen LogP contribution >= 0.6 is 27.5 Å². The number of hydrogen-bond acceptors (Lipinski definition) is 5. The maximum atomic E-state index is 12.4. The highest BCUT2D eigenvalue weighted by molar-refractivity contribution is 9.10. The minimum absolute atomic E-state index is 0.0242. The molecular weight excluding hydrogens is 412 g/mol. The van der Waals surface area contributed by atoms with Crippen LogP contribution in [0.2, 0.25) is 5.02 Å². The number of phenolic OH excluding ortho intramolecular Hbond substituents is 1. The number of phenols is 2. The molecular formula is C14H10BrClO6S. The molecule has 0 heterocycles. The highest BCUT2D eigenvalue weighted by atomic mass is 79.9. The van der Waals surface area contributed by atoms with E-state index in [1.807, 2.05) is 0 Å². The number of aromatic hydroxyl groups is 2. The van der Waals surface area contributed by atoms with Gasteiger partial charge in [-0.25, -0.2) is 13.2 Å². The van der Waals surface area contributed by atoms with Crippen LogP contribution in [0.1, 0.15) is 15.9 Å². The Labute approximate surface area is 145 Å². The fourth-order valence-electron chi connectivity index (χ4n) is 1.95. The van der Waals surface area contributed by atoms with Crippen LogP contribution in [0.25, 0.3) is 0 Å². The molecule has 0 atom stereocenters. The summed E-state index contributed by atoms with van der Waals surface area (Å²) in [4.78, 5) is 10.7. The topological polar surface area (TPSA) is 112 Å². The van der Waals surface area contributed by atoms with Gasteiger partial charge in [-0.05, 0) is 30.3 Å². The number of rotatable bonds is 4. The smallest absolute Gasteiger partial charge is 0.339 e. The number of aromatic carboxylic acids is 1. The van der Waals surface area contributed by atoms with Crippen molar-refractivity contribution < 1.29 is 28.5 Å². The van der Waals surface area contributed by atoms with Gasteiger partial charge in [-0.3, -0.25) is 0 Å². The van der Waals surface area contributed by atoms with Gasteiger partial charge in [0, 0.05) is 15.1 Å². The van der Waals surface area contributed by atoms with Gasteiger partial charge in [-0.15, -0.1) is 0 Å². The fourth-order valence-corrected chi connectivity index (χ4v) is 4.18. The predicted octanol–water partition coefficient (Wildman–Crippen LogP) is 3.19. The molecule has 122 valence electrons. The van der Waals surface area contributed by atoms with Crippen LogP contribution in [0, 0.1) is 0 Å². The molecule has 0 unspecified atom stereocenters. The van der Waals surface area contributed by atoms with Crippen molar-refractivity contribution in [2.75, 3.05) is 0 Å². The molecule has 2 aromatic carbocycles. The minimum Gasteiger partial charge on any atom is -0.507 e. The number of carboxylic acids is 1. The van der Waals surface area contributed by atoms with E-state index in [0.717, 1.165) is 12.1 Å². The summed E-state index contributed by atoms with van der Waals surface area (Å²) in [5.74, 6) is -3.29. The predicted molar refractivity (Wildman–Crippen MR) is 86.8 cm³/mol. The van der Waals surface area contributed by atoms with Gasteiger partial charge in [-0.2, -0.15) is 0 Å². The number of sulfone groups is 1. The summed E-state index contributed by atoms with van der Waals surface area (Å²) < 4.78 is 25.3. The monoisotopic (exact) mass is 420 g/mol. The number of carboxylic acid groups (broad SMARTS) is 1. The average Bonchev–Trinajstić information content (AvgIpc) is 2.44. The fraction of sp³-hybridized carbons (Fsp3) is 0.0714. The first-order valence-electron chi connectivity index (χ1n) is 6.08. The summed E-state index contributed by atoms with van der Waals surface area (Å²) in [6, 6.07) is 6.07. The summed E-state index contributed by atoms with van der Waals surface area (Å²) in [5.41, 5.74) is -0.671. The standard InChI is InChI=1S/C14H10BrClO6S/c15-8-1-2-11(17)12(4-8)23(21,22)6-7-3-9(16)5-10(13(7)18)14(19)20/h1-5,17-18H,6H2,(H,19,20). The molecule has 0 aliphatic rings. The Morgan fingerprint density at radius 2 is 1.83 bits per heavy atom. The summed E-state index contributed by atoms with van der Waals surface area (Å²) >= 11 is 8.88. The van der Waals surface area contributed by atoms with Gasteiger partial charge in [0.2, 0.25) is 0 Å². The van der Waals surface area contributed by atoms with E-state index in [0.29, 0.717) is 4.47 Å². The summed E-state index contributed by atoms with van der Waals surface area (Å²) in [6.45, 7) is 0. The van der Waals surface area contributed by atoms with Crippen molar-refractivity contribution in [3.63, 3.8) is 0 Å². The van der Waals surface area contributed by atoms with Crippen LogP contribution in [0.15, 0.2) is 39.7 Å². The maximum absolute atomic E-state index is 12.4. The van der Waals surface area contributed by atoms with Crippen molar-refractivity contribution in [1.29, 1.82) is 0 Å². The molecule has 0 fully saturated rings. The Hall–Kier alpha value is -1.77. The molecule has 23 heavy (non-hydrogen) atoms. The first kappa shape index (κ1) is 17.6. The van der Waals surface area contributed by atoms with Crippen molar-refractivity contribution in [1.82, 2.24) is 0 Å². The van der Waals surface area contributed by atoms with Crippen molar-refractivity contribution in [3.05, 3.63) is 51.0 Å². The van der Waals surface area contributed by atoms with E-state index in [-0.39, 0.29) is 15.5 Å². The van der Waals surface area contributed by atoms with Crippen LogP contribution in [0.4, 0.5) is 0 Å². The third kappa shape index (κ3) is 3.77. The Morgan fingerprint density at radius 3 is 2.43 bits per heavy atom. The van der Waals surface area contributed by atoms with E-state index in [4.69, 9.17) is 16.7 Å². The minimum atomic E-state index is -4.04. The molecule has 0 spiro atoms. The number of halogens is 2. The second kappa shape index (κ2) is 6.38. The molecule has 0 saturated heterocycles. The Bertz CT molecular complexity index is 894. The molecule has 9 heteroatoms. The van der Waals surface area contributed by atoms with Crippen molar-refractivity contribution >= 4 is 43.3 Å². The largest absolute Gasteiger partial charge is 0.507 e. The van der Waals surface area contributed by atoms with E-state index < -0.39 is 38.6 Å².